The molecule has 6 N–H and O–H groups in total. The number of nitrogens with one attached hydrogen (secondary N) is 2. The zero-order valence-corrected chi connectivity index (χ0v) is 16.9. The minimum atomic E-state index is -0.785. The average molecular weight is 371 g/mol. The van der Waals surface area contributed by atoms with E-state index in [0.29, 0.717) is 6.42 Å². The van der Waals surface area contributed by atoms with E-state index in [2.05, 4.69) is 6.92 Å². The highest BCUT2D eigenvalue weighted by Crippen LogP contribution is 2.15. The minimum Gasteiger partial charge on any atom is -0.294 e. The van der Waals surface area contributed by atoms with E-state index in [4.69, 9.17) is 11.7 Å². The zero-order valence-electron chi connectivity index (χ0n) is 16.9. The van der Waals surface area contributed by atoms with Crippen molar-refractivity contribution >= 4 is 11.8 Å². The molecule has 0 spiro atoms. The SMILES string of the molecule is CCCCCCCCCCCCCCCCCC(C(=O)NN)C(=O)NN. The second-order valence-corrected chi connectivity index (χ2v) is 7.31. The number of rotatable bonds is 18. The van der Waals surface area contributed by atoms with Gasteiger partial charge < -0.3 is 0 Å². The van der Waals surface area contributed by atoms with E-state index in [1.807, 2.05) is 10.9 Å². The molecule has 0 fully saturated rings. The molecule has 0 aromatic rings. The molecule has 6 heteroatoms. The number of amides is 2. The number of hydrazine groups is 2. The van der Waals surface area contributed by atoms with Crippen LogP contribution < -0.4 is 22.5 Å². The largest absolute Gasteiger partial charge is 0.294 e. The van der Waals surface area contributed by atoms with Gasteiger partial charge in [-0.15, -0.1) is 0 Å². The van der Waals surface area contributed by atoms with Crippen LogP contribution in [0.15, 0.2) is 0 Å². The van der Waals surface area contributed by atoms with Crippen LogP contribution in [0.1, 0.15) is 110 Å². The Balaban J connectivity index is 3.40. The molecule has 0 bridgehead atoms. The highest BCUT2D eigenvalue weighted by Gasteiger charge is 2.24. The minimum absolute atomic E-state index is 0.474. The van der Waals surface area contributed by atoms with E-state index in [9.17, 15) is 9.59 Å². The van der Waals surface area contributed by atoms with Gasteiger partial charge in [0.1, 0.15) is 5.92 Å². The normalized spacial score (nSPS) is 10.9. The quantitative estimate of drug-likeness (QED) is 0.0965. The van der Waals surface area contributed by atoms with Crippen LogP contribution in [0, 0.1) is 5.92 Å². The Labute approximate surface area is 160 Å². The first kappa shape index (κ1) is 24.9. The van der Waals surface area contributed by atoms with Crippen molar-refractivity contribution in [2.24, 2.45) is 17.6 Å². The summed E-state index contributed by atoms with van der Waals surface area (Å²) in [5.41, 5.74) is 4.05. The Morgan fingerprint density at radius 2 is 0.923 bits per heavy atom. The molecule has 0 aliphatic heterocycles. The third-order valence-electron chi connectivity index (χ3n) is 5.01. The smallest absolute Gasteiger partial charge is 0.246 e. The topological polar surface area (TPSA) is 110 Å². The van der Waals surface area contributed by atoms with Crippen LogP contribution >= 0.6 is 0 Å². The molecule has 0 radical (unpaired) electrons. The van der Waals surface area contributed by atoms with Crippen molar-refractivity contribution in [3.63, 3.8) is 0 Å². The van der Waals surface area contributed by atoms with Crippen molar-refractivity contribution in [2.45, 2.75) is 110 Å². The summed E-state index contributed by atoms with van der Waals surface area (Å²) < 4.78 is 0. The van der Waals surface area contributed by atoms with Gasteiger partial charge in [0.25, 0.3) is 0 Å². The van der Waals surface area contributed by atoms with Crippen LogP contribution in [-0.4, -0.2) is 11.8 Å². The van der Waals surface area contributed by atoms with E-state index >= 15 is 0 Å². The highest BCUT2D eigenvalue weighted by molar-refractivity contribution is 5.99. The van der Waals surface area contributed by atoms with Gasteiger partial charge in [-0.1, -0.05) is 103 Å². The Hall–Kier alpha value is -1.14. The van der Waals surface area contributed by atoms with Gasteiger partial charge in [-0.05, 0) is 6.42 Å². The first-order valence-electron chi connectivity index (χ1n) is 10.7. The summed E-state index contributed by atoms with van der Waals surface area (Å²) in [6, 6.07) is 0. The Morgan fingerprint density at radius 1 is 0.615 bits per heavy atom. The zero-order chi connectivity index (χ0) is 19.5. The van der Waals surface area contributed by atoms with Crippen LogP contribution in [0.25, 0.3) is 0 Å². The van der Waals surface area contributed by atoms with Gasteiger partial charge in [-0.2, -0.15) is 0 Å². The number of hydrogen-bond donors (Lipinski definition) is 4. The maximum atomic E-state index is 11.5. The molecule has 0 aromatic carbocycles. The molecule has 6 nitrogen and oxygen atoms in total. The summed E-state index contributed by atoms with van der Waals surface area (Å²) in [6.45, 7) is 2.26. The van der Waals surface area contributed by atoms with Gasteiger partial charge >= 0.3 is 0 Å². The summed E-state index contributed by atoms with van der Waals surface area (Å²) in [7, 11) is 0. The fourth-order valence-electron chi connectivity index (χ4n) is 3.30. The maximum absolute atomic E-state index is 11.5. The van der Waals surface area contributed by atoms with Crippen LogP contribution in [0.5, 0.6) is 0 Å². The van der Waals surface area contributed by atoms with E-state index < -0.39 is 17.7 Å². The second-order valence-electron chi connectivity index (χ2n) is 7.31. The van der Waals surface area contributed by atoms with Crippen molar-refractivity contribution in [1.82, 2.24) is 10.9 Å². The second kappa shape index (κ2) is 18.6. The molecule has 26 heavy (non-hydrogen) atoms. The van der Waals surface area contributed by atoms with E-state index in [-0.39, 0.29) is 0 Å². The molecule has 0 atom stereocenters. The molecule has 0 rings (SSSR count). The fourth-order valence-corrected chi connectivity index (χ4v) is 3.30. The molecular weight excluding hydrogens is 328 g/mol. The summed E-state index contributed by atoms with van der Waals surface area (Å²) >= 11 is 0. The Kier molecular flexibility index (Phi) is 17.8. The van der Waals surface area contributed by atoms with Gasteiger partial charge in [0.2, 0.25) is 11.8 Å². The third kappa shape index (κ3) is 14.1. The molecule has 0 heterocycles. The van der Waals surface area contributed by atoms with E-state index in [0.717, 1.165) is 19.3 Å². The Bertz CT molecular complexity index is 335. The number of unbranched alkanes of at least 4 members (excludes halogenated alkanes) is 14. The molecule has 0 aliphatic carbocycles. The van der Waals surface area contributed by atoms with Crippen LogP contribution in [-0.2, 0) is 9.59 Å². The average Bonchev–Trinajstić information content (AvgIpc) is 2.66. The lowest BCUT2D eigenvalue weighted by Gasteiger charge is -2.13. The van der Waals surface area contributed by atoms with Gasteiger partial charge in [-0.25, -0.2) is 11.7 Å². The molecule has 0 saturated carbocycles. The van der Waals surface area contributed by atoms with Crippen LogP contribution in [0.3, 0.4) is 0 Å². The molecule has 0 aliphatic rings. The van der Waals surface area contributed by atoms with Gasteiger partial charge in [0, 0.05) is 0 Å². The summed E-state index contributed by atoms with van der Waals surface area (Å²) in [6.07, 6.45) is 19.8. The highest BCUT2D eigenvalue weighted by atomic mass is 16.2. The molecule has 0 unspecified atom stereocenters. The predicted molar refractivity (Wildman–Crippen MR) is 108 cm³/mol. The molecule has 154 valence electrons. The first-order chi connectivity index (χ1) is 12.7. The fraction of sp³-hybridized carbons (Fsp3) is 0.900. The third-order valence-corrected chi connectivity index (χ3v) is 5.01. The van der Waals surface area contributed by atoms with Gasteiger partial charge in [-0.3, -0.25) is 20.4 Å². The lowest BCUT2D eigenvalue weighted by molar-refractivity contribution is -0.135. The van der Waals surface area contributed by atoms with Crippen molar-refractivity contribution in [3.8, 4) is 0 Å². The first-order valence-corrected chi connectivity index (χ1v) is 10.7. The molecular formula is C20H42N4O2. The van der Waals surface area contributed by atoms with Crippen LogP contribution in [0.4, 0.5) is 0 Å². The number of nitrogens with two attached hydrogens (primary N) is 2. The van der Waals surface area contributed by atoms with Crippen molar-refractivity contribution in [2.75, 3.05) is 0 Å². The molecule has 0 saturated heterocycles. The van der Waals surface area contributed by atoms with E-state index in [1.54, 1.807) is 0 Å². The monoisotopic (exact) mass is 370 g/mol. The Morgan fingerprint density at radius 3 is 1.23 bits per heavy atom. The number of hydrogen-bond acceptors (Lipinski definition) is 4. The summed E-state index contributed by atoms with van der Waals surface area (Å²) in [5, 5.41) is 0. The number of carbonyl (C=O) groups excluding carboxylic acids is 2. The lowest BCUT2D eigenvalue weighted by Crippen LogP contribution is -2.45. The maximum Gasteiger partial charge on any atom is 0.246 e. The van der Waals surface area contributed by atoms with Crippen molar-refractivity contribution < 1.29 is 9.59 Å². The van der Waals surface area contributed by atoms with Crippen molar-refractivity contribution in [3.05, 3.63) is 0 Å². The van der Waals surface area contributed by atoms with Gasteiger partial charge in [0.05, 0.1) is 0 Å². The standard InChI is InChI=1S/C20H42N4O2/c1-2-3-4-5-6-7-8-9-10-11-12-13-14-15-16-17-18(19(25)23-21)20(26)24-22/h18H,2-17,21-22H2,1H3,(H,23,25)(H,24,26). The summed E-state index contributed by atoms with van der Waals surface area (Å²) in [4.78, 5) is 23.1. The summed E-state index contributed by atoms with van der Waals surface area (Å²) in [5.74, 6) is 8.47. The predicted octanol–water partition coefficient (Wildman–Crippen LogP) is 3.84. The van der Waals surface area contributed by atoms with E-state index in [1.165, 1.54) is 77.0 Å². The molecule has 0 aromatic heterocycles. The lowest BCUT2D eigenvalue weighted by atomic mass is 9.98. The molecule has 2 amide bonds. The van der Waals surface area contributed by atoms with Crippen molar-refractivity contribution in [1.29, 1.82) is 0 Å². The van der Waals surface area contributed by atoms with Crippen LogP contribution in [0.2, 0.25) is 0 Å². The number of carbonyl (C=O) groups is 2. The van der Waals surface area contributed by atoms with Gasteiger partial charge in [0.15, 0.2) is 0 Å².